The van der Waals surface area contributed by atoms with Crippen LogP contribution < -0.4 is 11.5 Å². The molecule has 22 heavy (non-hydrogen) atoms. The number of fused-ring (bicyclic) bond motifs is 2. The van der Waals surface area contributed by atoms with Crippen LogP contribution in [0, 0.1) is 5.41 Å². The van der Waals surface area contributed by atoms with Gasteiger partial charge in [-0.25, -0.2) is 15.0 Å². The van der Waals surface area contributed by atoms with Crippen molar-refractivity contribution in [1.29, 1.82) is 0 Å². The summed E-state index contributed by atoms with van der Waals surface area (Å²) in [7, 11) is 0. The lowest BCUT2D eigenvalue weighted by Gasteiger charge is -2.27. The van der Waals surface area contributed by atoms with E-state index in [-0.39, 0.29) is 12.4 Å². The van der Waals surface area contributed by atoms with E-state index in [4.69, 9.17) is 16.2 Å². The number of aromatic nitrogens is 4. The monoisotopic (exact) mass is 306 g/mol. The normalized spacial score (nSPS) is 39.1. The van der Waals surface area contributed by atoms with Crippen molar-refractivity contribution in [3.63, 3.8) is 0 Å². The summed E-state index contributed by atoms with van der Waals surface area (Å²) in [6.07, 6.45) is 1.28. The molecular weight excluding hydrogens is 288 g/mol. The SMILES string of the molecule is CC1(C)[C@]2(O)[C@@H](CN)O[C@@H](n3cnc4c(N)ncnc43)[C@@]12O. The van der Waals surface area contributed by atoms with Crippen LogP contribution in [0.3, 0.4) is 0 Å². The molecule has 2 aromatic heterocycles. The van der Waals surface area contributed by atoms with Crippen LogP contribution in [0.15, 0.2) is 12.7 Å². The van der Waals surface area contributed by atoms with Crippen LogP contribution in [0.1, 0.15) is 20.1 Å². The third-order valence-corrected chi connectivity index (χ3v) is 5.39. The van der Waals surface area contributed by atoms with Crippen molar-refractivity contribution < 1.29 is 14.9 Å². The van der Waals surface area contributed by atoms with Gasteiger partial charge in [-0.05, 0) is 0 Å². The summed E-state index contributed by atoms with van der Waals surface area (Å²) >= 11 is 0. The quantitative estimate of drug-likeness (QED) is 0.539. The number of imidazole rings is 1. The largest absolute Gasteiger partial charge is 0.383 e. The molecule has 0 unspecified atom stereocenters. The van der Waals surface area contributed by atoms with Gasteiger partial charge in [0.1, 0.15) is 29.2 Å². The second-order valence-electron chi connectivity index (χ2n) is 6.45. The Morgan fingerprint density at radius 3 is 2.64 bits per heavy atom. The molecule has 0 radical (unpaired) electrons. The van der Waals surface area contributed by atoms with Crippen LogP contribution in [0.4, 0.5) is 5.82 Å². The number of ether oxygens (including phenoxy) is 1. The fourth-order valence-corrected chi connectivity index (χ4v) is 3.93. The van der Waals surface area contributed by atoms with Crippen molar-refractivity contribution in [3.05, 3.63) is 12.7 Å². The molecule has 9 heteroatoms. The van der Waals surface area contributed by atoms with Gasteiger partial charge in [0.05, 0.1) is 6.33 Å². The van der Waals surface area contributed by atoms with E-state index in [1.165, 1.54) is 12.7 Å². The highest BCUT2D eigenvalue weighted by molar-refractivity contribution is 5.81. The zero-order valence-electron chi connectivity index (χ0n) is 12.3. The minimum Gasteiger partial charge on any atom is -0.383 e. The maximum atomic E-state index is 11.1. The molecule has 0 amide bonds. The second kappa shape index (κ2) is 3.74. The number of hydrogen-bond donors (Lipinski definition) is 4. The number of hydrogen-bond acceptors (Lipinski definition) is 8. The molecule has 1 saturated carbocycles. The molecule has 0 spiro atoms. The lowest BCUT2D eigenvalue weighted by atomic mass is 10.0. The van der Waals surface area contributed by atoms with Crippen molar-refractivity contribution in [2.45, 2.75) is 37.4 Å². The van der Waals surface area contributed by atoms with Crippen molar-refractivity contribution >= 4 is 17.0 Å². The van der Waals surface area contributed by atoms with E-state index < -0.39 is 28.9 Å². The first-order chi connectivity index (χ1) is 10.3. The molecule has 0 bridgehead atoms. The van der Waals surface area contributed by atoms with E-state index in [1.807, 2.05) is 0 Å². The van der Waals surface area contributed by atoms with E-state index in [1.54, 1.807) is 18.4 Å². The van der Waals surface area contributed by atoms with Crippen LogP contribution in [0.2, 0.25) is 0 Å². The van der Waals surface area contributed by atoms with Crippen LogP contribution in [0.5, 0.6) is 0 Å². The van der Waals surface area contributed by atoms with Crippen molar-refractivity contribution in [3.8, 4) is 0 Å². The second-order valence-corrected chi connectivity index (χ2v) is 6.45. The first-order valence-corrected chi connectivity index (χ1v) is 7.04. The Morgan fingerprint density at radius 2 is 2.00 bits per heavy atom. The number of rotatable bonds is 2. The predicted molar refractivity (Wildman–Crippen MR) is 76.4 cm³/mol. The van der Waals surface area contributed by atoms with Crippen LogP contribution in [-0.2, 0) is 4.74 Å². The van der Waals surface area contributed by atoms with Gasteiger partial charge >= 0.3 is 0 Å². The number of aliphatic hydroxyl groups is 2. The highest BCUT2D eigenvalue weighted by Crippen LogP contribution is 2.75. The van der Waals surface area contributed by atoms with E-state index in [0.29, 0.717) is 11.2 Å². The Morgan fingerprint density at radius 1 is 1.27 bits per heavy atom. The van der Waals surface area contributed by atoms with E-state index in [9.17, 15) is 10.2 Å². The topological polar surface area (TPSA) is 145 Å². The molecule has 1 aliphatic carbocycles. The number of anilines is 1. The van der Waals surface area contributed by atoms with Gasteiger partial charge in [0.15, 0.2) is 17.7 Å². The summed E-state index contributed by atoms with van der Waals surface area (Å²) in [4.78, 5) is 12.2. The molecular formula is C13H18N6O3. The molecule has 1 saturated heterocycles. The Bertz CT molecular complexity index is 776. The zero-order chi connectivity index (χ0) is 15.9. The summed E-state index contributed by atoms with van der Waals surface area (Å²) in [5, 5.41) is 21.9. The summed E-state index contributed by atoms with van der Waals surface area (Å²) < 4.78 is 7.38. The molecule has 2 aliphatic rings. The number of nitrogens with zero attached hydrogens (tertiary/aromatic N) is 4. The lowest BCUT2D eigenvalue weighted by Crippen LogP contribution is -2.39. The molecule has 0 aromatic carbocycles. The highest BCUT2D eigenvalue weighted by Gasteiger charge is 2.92. The summed E-state index contributed by atoms with van der Waals surface area (Å²) in [6.45, 7) is 3.67. The van der Waals surface area contributed by atoms with Gasteiger partial charge in [0, 0.05) is 12.0 Å². The molecule has 6 N–H and O–H groups in total. The Hall–Kier alpha value is -1.81. The molecule has 9 nitrogen and oxygen atoms in total. The standard InChI is InChI=1S/C13H18N6O3/c1-11(2)12(20)6(3-14)22-10(13(11,12)21)19-5-18-7-8(15)16-4-17-9(7)19/h4-6,10,20-21H,3,14H2,1-2H3,(H2,15,16,17)/t6-,10-,12-,13-/m1/s1. The molecule has 118 valence electrons. The number of nitrogens with two attached hydrogens (primary N) is 2. The van der Waals surface area contributed by atoms with E-state index in [2.05, 4.69) is 15.0 Å². The fourth-order valence-electron chi connectivity index (χ4n) is 3.93. The van der Waals surface area contributed by atoms with Gasteiger partial charge in [-0.1, -0.05) is 13.8 Å². The Kier molecular flexibility index (Phi) is 2.35. The van der Waals surface area contributed by atoms with E-state index >= 15 is 0 Å². The Labute approximate surface area is 125 Å². The zero-order valence-corrected chi connectivity index (χ0v) is 12.3. The van der Waals surface area contributed by atoms with Crippen molar-refractivity contribution in [2.24, 2.45) is 11.1 Å². The maximum Gasteiger partial charge on any atom is 0.169 e. The molecule has 4 atom stereocenters. The minimum absolute atomic E-state index is 0.0997. The predicted octanol–water partition coefficient (Wildman–Crippen LogP) is -1.23. The van der Waals surface area contributed by atoms with Crippen molar-refractivity contribution in [2.75, 3.05) is 12.3 Å². The third kappa shape index (κ3) is 1.16. The van der Waals surface area contributed by atoms with Gasteiger partial charge in [-0.15, -0.1) is 0 Å². The molecule has 1 aliphatic heterocycles. The summed E-state index contributed by atoms with van der Waals surface area (Å²) in [5.41, 5.74) is 8.70. The van der Waals surface area contributed by atoms with Gasteiger partial charge in [-0.2, -0.15) is 0 Å². The van der Waals surface area contributed by atoms with Gasteiger partial charge in [-0.3, -0.25) is 4.57 Å². The molecule has 3 heterocycles. The molecule has 2 fully saturated rings. The first kappa shape index (κ1) is 13.8. The highest BCUT2D eigenvalue weighted by atomic mass is 16.6. The van der Waals surface area contributed by atoms with Crippen molar-refractivity contribution in [1.82, 2.24) is 19.5 Å². The first-order valence-electron chi connectivity index (χ1n) is 7.04. The van der Waals surface area contributed by atoms with Crippen LogP contribution >= 0.6 is 0 Å². The summed E-state index contributed by atoms with van der Waals surface area (Å²) in [6, 6.07) is 0. The average Bonchev–Trinajstić information content (AvgIpc) is 2.86. The fraction of sp³-hybridized carbons (Fsp3) is 0.615. The van der Waals surface area contributed by atoms with Gasteiger partial charge in [0.25, 0.3) is 0 Å². The van der Waals surface area contributed by atoms with E-state index in [0.717, 1.165) is 0 Å². The van der Waals surface area contributed by atoms with Crippen LogP contribution in [0.25, 0.3) is 11.2 Å². The third-order valence-electron chi connectivity index (χ3n) is 5.39. The molecule has 4 rings (SSSR count). The average molecular weight is 306 g/mol. The molecule has 2 aromatic rings. The Balaban J connectivity index is 1.88. The summed E-state index contributed by atoms with van der Waals surface area (Å²) in [5.74, 6) is 0.245. The smallest absolute Gasteiger partial charge is 0.169 e. The van der Waals surface area contributed by atoms with Gasteiger partial charge < -0.3 is 26.4 Å². The number of nitrogen functional groups attached to an aromatic ring is 1. The van der Waals surface area contributed by atoms with Crippen LogP contribution in [-0.4, -0.2) is 53.6 Å². The maximum absolute atomic E-state index is 11.1. The minimum atomic E-state index is -1.47. The lowest BCUT2D eigenvalue weighted by molar-refractivity contribution is -0.107. The van der Waals surface area contributed by atoms with Gasteiger partial charge in [0.2, 0.25) is 0 Å².